The molecule has 25 heavy (non-hydrogen) atoms. The molecule has 2 aromatic carbocycles. The molecule has 0 bridgehead atoms. The first kappa shape index (κ1) is 16.2. The molecule has 2 aliphatic rings. The fourth-order valence-electron chi connectivity index (χ4n) is 3.38. The van der Waals surface area contributed by atoms with Gasteiger partial charge in [0.25, 0.3) is 0 Å². The van der Waals surface area contributed by atoms with Gasteiger partial charge in [-0.2, -0.15) is 0 Å². The number of rotatable bonds is 4. The Bertz CT molecular complexity index is 924. The Morgan fingerprint density at radius 1 is 1.16 bits per heavy atom. The summed E-state index contributed by atoms with van der Waals surface area (Å²) in [5.41, 5.74) is 4.73. The van der Waals surface area contributed by atoms with Crippen LogP contribution in [0.15, 0.2) is 36.4 Å². The Morgan fingerprint density at radius 3 is 2.44 bits per heavy atom. The highest BCUT2D eigenvalue weighted by Crippen LogP contribution is 2.47. The molecule has 0 atom stereocenters. The SMILES string of the molecule is CN1c2cc(NS(C)(=O)=O)c(C3CC3)cc2CN1c1ccc(F)cc1. The molecular weight excluding hydrogens is 341 g/mol. The van der Waals surface area contributed by atoms with Crippen molar-refractivity contribution in [2.45, 2.75) is 25.3 Å². The summed E-state index contributed by atoms with van der Waals surface area (Å²) in [6, 6.07) is 10.4. The Labute approximate surface area is 147 Å². The summed E-state index contributed by atoms with van der Waals surface area (Å²) in [6.07, 6.45) is 3.36. The number of fused-ring (bicyclic) bond motifs is 1. The van der Waals surface area contributed by atoms with Crippen LogP contribution in [0.1, 0.15) is 29.9 Å². The Hall–Kier alpha value is -2.28. The van der Waals surface area contributed by atoms with Crippen LogP contribution in [0.5, 0.6) is 0 Å². The second kappa shape index (κ2) is 5.62. The Kier molecular flexibility index (Phi) is 3.64. The zero-order valence-electron chi connectivity index (χ0n) is 14.2. The van der Waals surface area contributed by atoms with E-state index in [0.717, 1.165) is 35.3 Å². The molecule has 1 aliphatic carbocycles. The van der Waals surface area contributed by atoms with E-state index in [9.17, 15) is 12.8 Å². The molecule has 1 heterocycles. The average Bonchev–Trinajstić information content (AvgIpc) is 3.32. The second-order valence-corrected chi connectivity index (χ2v) is 8.52. The maximum absolute atomic E-state index is 13.2. The van der Waals surface area contributed by atoms with Crippen LogP contribution in [-0.4, -0.2) is 21.7 Å². The highest BCUT2D eigenvalue weighted by Gasteiger charge is 2.32. The number of nitrogens with zero attached hydrogens (tertiary/aromatic N) is 2. The van der Waals surface area contributed by atoms with Crippen molar-refractivity contribution in [2.75, 3.05) is 28.0 Å². The molecular formula is C18H20FN3O2S. The largest absolute Gasteiger partial charge is 0.288 e. The lowest BCUT2D eigenvalue weighted by Gasteiger charge is -2.28. The van der Waals surface area contributed by atoms with Gasteiger partial charge in [-0.1, -0.05) is 0 Å². The van der Waals surface area contributed by atoms with Gasteiger partial charge in [0.15, 0.2) is 0 Å². The molecule has 1 fully saturated rings. The summed E-state index contributed by atoms with van der Waals surface area (Å²) in [6.45, 7) is 0.677. The van der Waals surface area contributed by atoms with Gasteiger partial charge in [-0.3, -0.25) is 14.7 Å². The van der Waals surface area contributed by atoms with Gasteiger partial charge in [-0.05, 0) is 66.3 Å². The third-order valence-corrected chi connectivity index (χ3v) is 5.31. The molecule has 132 valence electrons. The minimum atomic E-state index is -3.33. The standard InChI is InChI=1S/C18H20FN3O2S/c1-21-18-10-17(20-25(2,23)24)16(12-3-4-12)9-13(18)11-22(21)15-7-5-14(19)6-8-15/h5-10,12,20H,3-4,11H2,1-2H3. The third-order valence-electron chi connectivity index (χ3n) is 4.72. The molecule has 0 aromatic heterocycles. The van der Waals surface area contributed by atoms with Crippen LogP contribution in [0.2, 0.25) is 0 Å². The molecule has 0 saturated heterocycles. The molecule has 1 aliphatic heterocycles. The predicted octanol–water partition coefficient (Wildman–Crippen LogP) is 3.45. The number of benzene rings is 2. The van der Waals surface area contributed by atoms with Crippen molar-refractivity contribution >= 4 is 27.1 Å². The third kappa shape index (κ3) is 3.16. The van der Waals surface area contributed by atoms with Crippen molar-refractivity contribution in [3.63, 3.8) is 0 Å². The average molecular weight is 361 g/mol. The lowest BCUT2D eigenvalue weighted by Crippen LogP contribution is -2.33. The normalized spacial score (nSPS) is 16.9. The maximum Gasteiger partial charge on any atom is 0.229 e. The zero-order chi connectivity index (χ0) is 17.8. The van der Waals surface area contributed by atoms with Crippen molar-refractivity contribution in [2.24, 2.45) is 0 Å². The molecule has 5 nitrogen and oxygen atoms in total. The topological polar surface area (TPSA) is 52.7 Å². The molecule has 0 unspecified atom stereocenters. The van der Waals surface area contributed by atoms with E-state index in [2.05, 4.69) is 10.8 Å². The number of halogens is 1. The summed E-state index contributed by atoms with van der Waals surface area (Å²) in [5, 5.41) is 4.03. The number of sulfonamides is 1. The molecule has 1 N–H and O–H groups in total. The fourth-order valence-corrected chi connectivity index (χ4v) is 3.95. The van der Waals surface area contributed by atoms with E-state index in [1.807, 2.05) is 23.1 Å². The lowest BCUT2D eigenvalue weighted by molar-refractivity contribution is 0.606. The Morgan fingerprint density at radius 2 is 1.84 bits per heavy atom. The van der Waals surface area contributed by atoms with Crippen molar-refractivity contribution < 1.29 is 12.8 Å². The van der Waals surface area contributed by atoms with Gasteiger partial charge >= 0.3 is 0 Å². The van der Waals surface area contributed by atoms with Crippen LogP contribution in [0.4, 0.5) is 21.5 Å². The van der Waals surface area contributed by atoms with E-state index < -0.39 is 10.0 Å². The lowest BCUT2D eigenvalue weighted by atomic mass is 10.0. The van der Waals surface area contributed by atoms with Crippen LogP contribution < -0.4 is 14.7 Å². The first-order valence-corrected chi connectivity index (χ1v) is 10.1. The molecule has 2 aromatic rings. The van der Waals surface area contributed by atoms with Crippen molar-refractivity contribution in [3.8, 4) is 0 Å². The predicted molar refractivity (Wildman–Crippen MR) is 97.9 cm³/mol. The van der Waals surface area contributed by atoms with E-state index in [4.69, 9.17) is 0 Å². The van der Waals surface area contributed by atoms with Crippen LogP contribution in [-0.2, 0) is 16.6 Å². The number of anilines is 3. The summed E-state index contributed by atoms with van der Waals surface area (Å²) in [5.74, 6) is 0.165. The molecule has 1 saturated carbocycles. The number of hydrogen-bond donors (Lipinski definition) is 1. The number of hydrogen-bond acceptors (Lipinski definition) is 4. The van der Waals surface area contributed by atoms with Crippen LogP contribution in [0, 0.1) is 5.82 Å². The minimum absolute atomic E-state index is 0.265. The van der Waals surface area contributed by atoms with Gasteiger partial charge < -0.3 is 0 Å². The highest BCUT2D eigenvalue weighted by atomic mass is 32.2. The zero-order valence-corrected chi connectivity index (χ0v) is 15.0. The fraction of sp³-hybridized carbons (Fsp3) is 0.333. The molecule has 7 heteroatoms. The second-order valence-electron chi connectivity index (χ2n) is 6.77. The van der Waals surface area contributed by atoms with Gasteiger partial charge in [0.2, 0.25) is 10.0 Å². The first-order chi connectivity index (χ1) is 11.8. The highest BCUT2D eigenvalue weighted by molar-refractivity contribution is 7.92. The number of nitrogens with one attached hydrogen (secondary N) is 1. The molecule has 4 rings (SSSR count). The van der Waals surface area contributed by atoms with Crippen molar-refractivity contribution in [1.82, 2.24) is 0 Å². The first-order valence-electron chi connectivity index (χ1n) is 8.23. The van der Waals surface area contributed by atoms with Gasteiger partial charge in [0.05, 0.1) is 29.9 Å². The monoisotopic (exact) mass is 361 g/mol. The maximum atomic E-state index is 13.2. The van der Waals surface area contributed by atoms with Gasteiger partial charge in [0, 0.05) is 7.05 Å². The minimum Gasteiger partial charge on any atom is -0.288 e. The molecule has 0 amide bonds. The Balaban J connectivity index is 1.73. The summed E-state index contributed by atoms with van der Waals surface area (Å²) in [7, 11) is -1.41. The van der Waals surface area contributed by atoms with Crippen LogP contribution in [0.25, 0.3) is 0 Å². The van der Waals surface area contributed by atoms with Crippen LogP contribution >= 0.6 is 0 Å². The summed E-state index contributed by atoms with van der Waals surface area (Å²) < 4.78 is 39.3. The quantitative estimate of drug-likeness (QED) is 0.906. The van der Waals surface area contributed by atoms with Crippen molar-refractivity contribution in [3.05, 3.63) is 53.3 Å². The van der Waals surface area contributed by atoms with E-state index in [1.165, 1.54) is 18.4 Å². The van der Waals surface area contributed by atoms with Crippen molar-refractivity contribution in [1.29, 1.82) is 0 Å². The van der Waals surface area contributed by atoms with Gasteiger partial charge in [0.1, 0.15) is 5.82 Å². The van der Waals surface area contributed by atoms with Crippen LogP contribution in [0.3, 0.4) is 0 Å². The van der Waals surface area contributed by atoms with E-state index in [1.54, 1.807) is 12.1 Å². The van der Waals surface area contributed by atoms with Gasteiger partial charge in [-0.15, -0.1) is 0 Å². The summed E-state index contributed by atoms with van der Waals surface area (Å²) in [4.78, 5) is 0. The van der Waals surface area contributed by atoms with E-state index in [0.29, 0.717) is 18.2 Å². The summed E-state index contributed by atoms with van der Waals surface area (Å²) >= 11 is 0. The smallest absolute Gasteiger partial charge is 0.229 e. The van der Waals surface area contributed by atoms with Gasteiger partial charge in [-0.25, -0.2) is 12.8 Å². The molecule has 0 radical (unpaired) electrons. The number of hydrazine groups is 1. The molecule has 0 spiro atoms. The van der Waals surface area contributed by atoms with E-state index >= 15 is 0 Å². The van der Waals surface area contributed by atoms with E-state index in [-0.39, 0.29) is 5.82 Å².